The van der Waals surface area contributed by atoms with E-state index in [1.165, 1.54) is 13.0 Å². The lowest BCUT2D eigenvalue weighted by atomic mass is 10.1. The average molecular weight is 220 g/mol. The highest BCUT2D eigenvalue weighted by molar-refractivity contribution is 5.51. The van der Waals surface area contributed by atoms with Gasteiger partial charge >= 0.3 is 0 Å². The summed E-state index contributed by atoms with van der Waals surface area (Å²) in [7, 11) is 0. The fourth-order valence-electron chi connectivity index (χ4n) is 2.16. The Morgan fingerprint density at radius 2 is 2.25 bits per heavy atom. The van der Waals surface area contributed by atoms with Gasteiger partial charge in [0.05, 0.1) is 5.69 Å². The van der Waals surface area contributed by atoms with E-state index >= 15 is 0 Å². The number of nitrogens with zero attached hydrogens (tertiary/aromatic N) is 1. The van der Waals surface area contributed by atoms with E-state index in [1.54, 1.807) is 0 Å². The van der Waals surface area contributed by atoms with Crippen LogP contribution in [0.3, 0.4) is 0 Å². The van der Waals surface area contributed by atoms with Gasteiger partial charge in [0.25, 0.3) is 0 Å². The Morgan fingerprint density at radius 3 is 3.00 bits per heavy atom. The van der Waals surface area contributed by atoms with Crippen molar-refractivity contribution in [2.24, 2.45) is 0 Å². The number of nitrogens with two attached hydrogens (primary N) is 1. The fourth-order valence-corrected chi connectivity index (χ4v) is 2.16. The van der Waals surface area contributed by atoms with E-state index in [0.717, 1.165) is 30.9 Å². The van der Waals surface area contributed by atoms with Crippen LogP contribution in [-0.4, -0.2) is 30.6 Å². The number of nitrogen functional groups attached to an aromatic ring is 1. The SMILES string of the molecule is CCN1CCCC(Oc2ccccc2N)C1. The molecule has 1 unspecified atom stereocenters. The van der Waals surface area contributed by atoms with E-state index in [-0.39, 0.29) is 0 Å². The number of hydrogen-bond donors (Lipinski definition) is 1. The van der Waals surface area contributed by atoms with Gasteiger partial charge in [-0.05, 0) is 38.1 Å². The summed E-state index contributed by atoms with van der Waals surface area (Å²) in [6.07, 6.45) is 2.63. The van der Waals surface area contributed by atoms with Crippen LogP contribution >= 0.6 is 0 Å². The Bertz CT molecular complexity index is 340. The van der Waals surface area contributed by atoms with E-state index in [4.69, 9.17) is 10.5 Å². The molecule has 2 rings (SSSR count). The monoisotopic (exact) mass is 220 g/mol. The van der Waals surface area contributed by atoms with Gasteiger partial charge in [0.15, 0.2) is 0 Å². The summed E-state index contributed by atoms with van der Waals surface area (Å²) in [6, 6.07) is 7.73. The molecule has 1 aromatic rings. The third-order valence-electron chi connectivity index (χ3n) is 3.12. The summed E-state index contributed by atoms with van der Waals surface area (Å²) in [4.78, 5) is 2.42. The molecule has 0 spiro atoms. The van der Waals surface area contributed by atoms with Gasteiger partial charge in [-0.15, -0.1) is 0 Å². The number of piperidine rings is 1. The molecule has 1 heterocycles. The molecule has 16 heavy (non-hydrogen) atoms. The van der Waals surface area contributed by atoms with E-state index in [9.17, 15) is 0 Å². The number of benzene rings is 1. The zero-order valence-corrected chi connectivity index (χ0v) is 9.86. The highest BCUT2D eigenvalue weighted by atomic mass is 16.5. The molecule has 88 valence electrons. The molecule has 1 aromatic carbocycles. The minimum atomic E-state index is 0.290. The second-order valence-corrected chi connectivity index (χ2v) is 4.31. The van der Waals surface area contributed by atoms with Gasteiger partial charge in [-0.3, -0.25) is 4.90 Å². The number of ether oxygens (including phenoxy) is 1. The van der Waals surface area contributed by atoms with Gasteiger partial charge in [0, 0.05) is 6.54 Å². The van der Waals surface area contributed by atoms with Gasteiger partial charge in [0.1, 0.15) is 11.9 Å². The molecule has 0 aliphatic carbocycles. The lowest BCUT2D eigenvalue weighted by Crippen LogP contribution is -2.40. The number of rotatable bonds is 3. The standard InChI is InChI=1S/C13H20N2O/c1-2-15-9-5-6-11(10-15)16-13-8-4-3-7-12(13)14/h3-4,7-8,11H,2,5-6,9-10,14H2,1H3. The molecule has 3 heteroatoms. The van der Waals surface area contributed by atoms with E-state index in [1.807, 2.05) is 24.3 Å². The molecule has 0 amide bonds. The van der Waals surface area contributed by atoms with Crippen molar-refractivity contribution in [3.63, 3.8) is 0 Å². The first-order valence-electron chi connectivity index (χ1n) is 6.03. The molecule has 0 bridgehead atoms. The molecule has 1 aliphatic heterocycles. The fraction of sp³-hybridized carbons (Fsp3) is 0.538. The van der Waals surface area contributed by atoms with Crippen LogP contribution in [0.15, 0.2) is 24.3 Å². The second-order valence-electron chi connectivity index (χ2n) is 4.31. The summed E-state index contributed by atoms with van der Waals surface area (Å²) in [5.74, 6) is 0.824. The van der Waals surface area contributed by atoms with Crippen LogP contribution in [0.2, 0.25) is 0 Å². The lowest BCUT2D eigenvalue weighted by Gasteiger charge is -2.32. The number of anilines is 1. The first-order chi connectivity index (χ1) is 7.79. The van der Waals surface area contributed by atoms with Crippen LogP contribution in [0.4, 0.5) is 5.69 Å². The molecule has 1 fully saturated rings. The smallest absolute Gasteiger partial charge is 0.142 e. The van der Waals surface area contributed by atoms with E-state index < -0.39 is 0 Å². The van der Waals surface area contributed by atoms with Crippen LogP contribution in [0, 0.1) is 0 Å². The Hall–Kier alpha value is -1.22. The minimum absolute atomic E-state index is 0.290. The molecule has 3 nitrogen and oxygen atoms in total. The van der Waals surface area contributed by atoms with Crippen molar-refractivity contribution >= 4 is 5.69 Å². The molecule has 0 radical (unpaired) electrons. The zero-order chi connectivity index (χ0) is 11.4. The van der Waals surface area contributed by atoms with Gasteiger partial charge < -0.3 is 10.5 Å². The molecule has 1 atom stereocenters. The van der Waals surface area contributed by atoms with Crippen LogP contribution in [-0.2, 0) is 0 Å². The topological polar surface area (TPSA) is 38.5 Å². The Morgan fingerprint density at radius 1 is 1.44 bits per heavy atom. The maximum Gasteiger partial charge on any atom is 0.142 e. The normalized spacial score (nSPS) is 21.9. The molecular formula is C13H20N2O. The summed E-state index contributed by atoms with van der Waals surface area (Å²) >= 11 is 0. The third kappa shape index (κ3) is 2.67. The number of likely N-dealkylation sites (N-methyl/N-ethyl adjacent to an activating group) is 1. The van der Waals surface area contributed by atoms with E-state index in [0.29, 0.717) is 6.10 Å². The quantitative estimate of drug-likeness (QED) is 0.793. The second kappa shape index (κ2) is 5.21. The third-order valence-corrected chi connectivity index (χ3v) is 3.12. The molecule has 0 aromatic heterocycles. The maximum atomic E-state index is 5.95. The predicted octanol–water partition coefficient (Wildman–Crippen LogP) is 2.13. The van der Waals surface area contributed by atoms with Crippen molar-refractivity contribution in [2.45, 2.75) is 25.9 Å². The van der Waals surface area contributed by atoms with Crippen LogP contribution in [0.25, 0.3) is 0 Å². The summed E-state index contributed by atoms with van der Waals surface area (Å²) in [5.41, 5.74) is 6.60. The summed E-state index contributed by atoms with van der Waals surface area (Å²) in [6.45, 7) is 5.51. The molecular weight excluding hydrogens is 200 g/mol. The number of likely N-dealkylation sites (tertiary alicyclic amines) is 1. The van der Waals surface area contributed by atoms with Crippen LogP contribution in [0.5, 0.6) is 5.75 Å². The van der Waals surface area contributed by atoms with Crippen LogP contribution < -0.4 is 10.5 Å². The highest BCUT2D eigenvalue weighted by Gasteiger charge is 2.20. The van der Waals surface area contributed by atoms with Gasteiger partial charge in [-0.25, -0.2) is 0 Å². The van der Waals surface area contributed by atoms with Crippen molar-refractivity contribution in [1.82, 2.24) is 4.90 Å². The van der Waals surface area contributed by atoms with Crippen molar-refractivity contribution in [3.8, 4) is 5.75 Å². The van der Waals surface area contributed by atoms with E-state index in [2.05, 4.69) is 11.8 Å². The molecule has 1 aliphatic rings. The Labute approximate surface area is 97.2 Å². The van der Waals surface area contributed by atoms with Crippen molar-refractivity contribution < 1.29 is 4.74 Å². The number of para-hydroxylation sites is 2. The first kappa shape index (κ1) is 11.3. The predicted molar refractivity (Wildman–Crippen MR) is 66.6 cm³/mol. The van der Waals surface area contributed by atoms with Gasteiger partial charge in [-0.2, -0.15) is 0 Å². The van der Waals surface area contributed by atoms with Gasteiger partial charge in [0.2, 0.25) is 0 Å². The minimum Gasteiger partial charge on any atom is -0.487 e. The largest absolute Gasteiger partial charge is 0.487 e. The summed E-state index contributed by atoms with van der Waals surface area (Å²) in [5, 5.41) is 0. The molecule has 2 N–H and O–H groups in total. The average Bonchev–Trinajstić information content (AvgIpc) is 2.32. The van der Waals surface area contributed by atoms with Crippen molar-refractivity contribution in [2.75, 3.05) is 25.4 Å². The number of hydrogen-bond acceptors (Lipinski definition) is 3. The zero-order valence-electron chi connectivity index (χ0n) is 9.86. The highest BCUT2D eigenvalue weighted by Crippen LogP contribution is 2.23. The Kier molecular flexibility index (Phi) is 3.67. The van der Waals surface area contributed by atoms with Gasteiger partial charge in [-0.1, -0.05) is 19.1 Å². The molecule has 0 saturated carbocycles. The Balaban J connectivity index is 1.97. The molecule has 1 saturated heterocycles. The van der Waals surface area contributed by atoms with Crippen LogP contribution in [0.1, 0.15) is 19.8 Å². The summed E-state index contributed by atoms with van der Waals surface area (Å²) < 4.78 is 5.95. The van der Waals surface area contributed by atoms with Crippen molar-refractivity contribution in [1.29, 1.82) is 0 Å². The van der Waals surface area contributed by atoms with Crippen molar-refractivity contribution in [3.05, 3.63) is 24.3 Å². The first-order valence-corrected chi connectivity index (χ1v) is 6.03. The maximum absolute atomic E-state index is 5.95. The lowest BCUT2D eigenvalue weighted by molar-refractivity contribution is 0.0925.